The SMILES string of the molecule is Cc1cc(F)c(-c2nc3ccc(C#N)cc3[nH]2)c(F)c1. The minimum absolute atomic E-state index is 0.116. The molecule has 1 heterocycles. The third kappa shape index (κ3) is 1.91. The zero-order valence-electron chi connectivity index (χ0n) is 10.5. The Bertz CT molecular complexity index is 836. The zero-order chi connectivity index (χ0) is 14.3. The summed E-state index contributed by atoms with van der Waals surface area (Å²) < 4.78 is 27.8. The van der Waals surface area contributed by atoms with Crippen LogP contribution in [0.3, 0.4) is 0 Å². The monoisotopic (exact) mass is 269 g/mol. The number of aromatic amines is 1. The van der Waals surface area contributed by atoms with Gasteiger partial charge in [0.2, 0.25) is 0 Å². The Labute approximate surface area is 113 Å². The van der Waals surface area contributed by atoms with E-state index in [0.717, 1.165) is 0 Å². The van der Waals surface area contributed by atoms with Gasteiger partial charge in [-0.25, -0.2) is 13.8 Å². The molecule has 5 heteroatoms. The van der Waals surface area contributed by atoms with Crippen molar-refractivity contribution in [3.63, 3.8) is 0 Å². The van der Waals surface area contributed by atoms with Crippen molar-refractivity contribution in [2.45, 2.75) is 6.92 Å². The summed E-state index contributed by atoms with van der Waals surface area (Å²) >= 11 is 0. The molecule has 1 N–H and O–H groups in total. The Morgan fingerprint density at radius 1 is 1.15 bits per heavy atom. The van der Waals surface area contributed by atoms with Crippen LogP contribution in [0.4, 0.5) is 8.78 Å². The Hall–Kier alpha value is -2.74. The summed E-state index contributed by atoms with van der Waals surface area (Å²) in [6.45, 7) is 1.62. The van der Waals surface area contributed by atoms with Crippen molar-refractivity contribution >= 4 is 11.0 Å². The number of hydrogen-bond acceptors (Lipinski definition) is 2. The van der Waals surface area contributed by atoms with Gasteiger partial charge >= 0.3 is 0 Å². The molecule has 3 nitrogen and oxygen atoms in total. The number of H-pyrrole nitrogens is 1. The molecule has 98 valence electrons. The fourth-order valence-electron chi connectivity index (χ4n) is 2.12. The van der Waals surface area contributed by atoms with E-state index in [2.05, 4.69) is 9.97 Å². The Morgan fingerprint density at radius 3 is 2.50 bits per heavy atom. The van der Waals surface area contributed by atoms with E-state index in [9.17, 15) is 8.78 Å². The van der Waals surface area contributed by atoms with Crippen LogP contribution in [0.5, 0.6) is 0 Å². The average Bonchev–Trinajstić information content (AvgIpc) is 2.79. The second kappa shape index (κ2) is 4.42. The first-order valence-electron chi connectivity index (χ1n) is 5.94. The van der Waals surface area contributed by atoms with Crippen molar-refractivity contribution in [3.05, 3.63) is 53.1 Å². The number of nitrogens with one attached hydrogen (secondary N) is 1. The fraction of sp³-hybridized carbons (Fsp3) is 0.0667. The van der Waals surface area contributed by atoms with Gasteiger partial charge in [0.1, 0.15) is 17.5 Å². The van der Waals surface area contributed by atoms with Gasteiger partial charge in [-0.3, -0.25) is 0 Å². The van der Waals surface area contributed by atoms with Crippen molar-refractivity contribution in [1.29, 1.82) is 5.26 Å². The molecule has 0 amide bonds. The molecule has 0 unspecified atom stereocenters. The topological polar surface area (TPSA) is 52.5 Å². The number of aromatic nitrogens is 2. The van der Waals surface area contributed by atoms with Crippen molar-refractivity contribution in [2.75, 3.05) is 0 Å². The third-order valence-corrected chi connectivity index (χ3v) is 3.03. The number of aryl methyl sites for hydroxylation is 1. The van der Waals surface area contributed by atoms with E-state index in [0.29, 0.717) is 22.2 Å². The summed E-state index contributed by atoms with van der Waals surface area (Å²) in [6.07, 6.45) is 0. The lowest BCUT2D eigenvalue weighted by atomic mass is 10.1. The Morgan fingerprint density at radius 2 is 1.85 bits per heavy atom. The standard InChI is InChI=1S/C15H9F2N3/c1-8-4-10(16)14(11(17)5-8)15-19-12-3-2-9(7-18)6-13(12)20-15/h2-6H,1H3,(H,19,20). The lowest BCUT2D eigenvalue weighted by Crippen LogP contribution is -1.93. The highest BCUT2D eigenvalue weighted by atomic mass is 19.1. The normalized spacial score (nSPS) is 10.7. The van der Waals surface area contributed by atoms with E-state index in [4.69, 9.17) is 5.26 Å². The van der Waals surface area contributed by atoms with Gasteiger partial charge in [-0.1, -0.05) is 0 Å². The summed E-state index contributed by atoms with van der Waals surface area (Å²) in [6, 6.07) is 9.35. The smallest absolute Gasteiger partial charge is 0.144 e. The predicted octanol–water partition coefficient (Wildman–Crippen LogP) is 3.69. The average molecular weight is 269 g/mol. The summed E-state index contributed by atoms with van der Waals surface area (Å²) in [4.78, 5) is 7.01. The number of benzene rings is 2. The first kappa shape index (κ1) is 12.3. The van der Waals surface area contributed by atoms with E-state index in [-0.39, 0.29) is 11.4 Å². The summed E-state index contributed by atoms with van der Waals surface area (Å²) in [5.74, 6) is -1.21. The van der Waals surface area contributed by atoms with Crippen molar-refractivity contribution in [3.8, 4) is 17.5 Å². The molecule has 3 aromatic rings. The lowest BCUT2D eigenvalue weighted by molar-refractivity contribution is 0.586. The fourth-order valence-corrected chi connectivity index (χ4v) is 2.12. The van der Waals surface area contributed by atoms with Crippen LogP contribution in [-0.4, -0.2) is 9.97 Å². The van der Waals surface area contributed by atoms with Gasteiger partial charge in [0, 0.05) is 0 Å². The number of rotatable bonds is 1. The first-order valence-corrected chi connectivity index (χ1v) is 5.94. The number of halogens is 2. The molecule has 3 rings (SSSR count). The van der Waals surface area contributed by atoms with E-state index in [1.807, 2.05) is 6.07 Å². The molecule has 2 aromatic carbocycles. The van der Waals surface area contributed by atoms with Crippen LogP contribution in [0.2, 0.25) is 0 Å². The van der Waals surface area contributed by atoms with Crippen LogP contribution < -0.4 is 0 Å². The summed E-state index contributed by atoms with van der Waals surface area (Å²) in [5.41, 5.74) is 1.89. The van der Waals surface area contributed by atoms with Crippen LogP contribution in [0.25, 0.3) is 22.4 Å². The van der Waals surface area contributed by atoms with Crippen LogP contribution >= 0.6 is 0 Å². The van der Waals surface area contributed by atoms with Crippen LogP contribution in [0, 0.1) is 29.9 Å². The van der Waals surface area contributed by atoms with E-state index < -0.39 is 11.6 Å². The third-order valence-electron chi connectivity index (χ3n) is 3.03. The van der Waals surface area contributed by atoms with Gasteiger partial charge in [-0.05, 0) is 42.8 Å². The highest BCUT2D eigenvalue weighted by Gasteiger charge is 2.16. The molecule has 0 atom stereocenters. The molecule has 1 aromatic heterocycles. The highest BCUT2D eigenvalue weighted by molar-refractivity contribution is 5.80. The van der Waals surface area contributed by atoms with Gasteiger partial charge in [-0.2, -0.15) is 5.26 Å². The zero-order valence-corrected chi connectivity index (χ0v) is 10.5. The van der Waals surface area contributed by atoms with Crippen LogP contribution in [-0.2, 0) is 0 Å². The molecule has 0 radical (unpaired) electrons. The largest absolute Gasteiger partial charge is 0.338 e. The van der Waals surface area contributed by atoms with Crippen molar-refractivity contribution in [1.82, 2.24) is 9.97 Å². The molecule has 0 saturated carbocycles. The van der Waals surface area contributed by atoms with E-state index in [1.54, 1.807) is 25.1 Å². The molecule has 0 aliphatic heterocycles. The number of nitriles is 1. The van der Waals surface area contributed by atoms with Gasteiger partial charge < -0.3 is 4.98 Å². The van der Waals surface area contributed by atoms with E-state index in [1.165, 1.54) is 12.1 Å². The Balaban J connectivity index is 2.23. The molecule has 0 spiro atoms. The van der Waals surface area contributed by atoms with Crippen molar-refractivity contribution in [2.24, 2.45) is 0 Å². The summed E-state index contributed by atoms with van der Waals surface area (Å²) in [7, 11) is 0. The Kier molecular flexibility index (Phi) is 2.72. The molecule has 0 bridgehead atoms. The predicted molar refractivity (Wildman–Crippen MR) is 70.9 cm³/mol. The minimum Gasteiger partial charge on any atom is -0.338 e. The van der Waals surface area contributed by atoms with Gasteiger partial charge in [0.15, 0.2) is 0 Å². The minimum atomic E-state index is -0.665. The van der Waals surface area contributed by atoms with Crippen LogP contribution in [0.1, 0.15) is 11.1 Å². The molecular formula is C15H9F2N3. The van der Waals surface area contributed by atoms with Crippen LogP contribution in [0.15, 0.2) is 30.3 Å². The van der Waals surface area contributed by atoms with Gasteiger partial charge in [0.25, 0.3) is 0 Å². The second-order valence-corrected chi connectivity index (χ2v) is 4.53. The number of nitrogens with zero attached hydrogens (tertiary/aromatic N) is 2. The van der Waals surface area contributed by atoms with Crippen molar-refractivity contribution < 1.29 is 8.78 Å². The molecule has 0 saturated heterocycles. The quantitative estimate of drug-likeness (QED) is 0.732. The highest BCUT2D eigenvalue weighted by Crippen LogP contribution is 2.27. The molecular weight excluding hydrogens is 260 g/mol. The maximum Gasteiger partial charge on any atom is 0.144 e. The summed E-state index contributed by atoms with van der Waals surface area (Å²) in [5, 5.41) is 8.84. The maximum atomic E-state index is 13.9. The van der Waals surface area contributed by atoms with Gasteiger partial charge in [0.05, 0.1) is 28.2 Å². The number of imidazole rings is 1. The molecule has 0 aliphatic carbocycles. The molecule has 0 aliphatic rings. The maximum absolute atomic E-state index is 13.9. The van der Waals surface area contributed by atoms with E-state index >= 15 is 0 Å². The molecule has 0 fully saturated rings. The number of fused-ring (bicyclic) bond motifs is 1. The first-order chi connectivity index (χ1) is 9.58. The van der Waals surface area contributed by atoms with Gasteiger partial charge in [-0.15, -0.1) is 0 Å². The molecule has 20 heavy (non-hydrogen) atoms. The lowest BCUT2D eigenvalue weighted by Gasteiger charge is -2.02. The second-order valence-electron chi connectivity index (χ2n) is 4.53. The number of hydrogen-bond donors (Lipinski definition) is 1.